The number of hydrogen-bond acceptors (Lipinski definition) is 4. The molecule has 128 valence electrons. The summed E-state index contributed by atoms with van der Waals surface area (Å²) in [6.45, 7) is 4.37. The molecule has 1 N–H and O–H groups in total. The number of nitrogens with one attached hydrogen (secondary N) is 1. The van der Waals surface area contributed by atoms with Crippen LogP contribution in [0.1, 0.15) is 44.3 Å². The number of furan rings is 1. The lowest BCUT2D eigenvalue weighted by atomic mass is 9.79. The summed E-state index contributed by atoms with van der Waals surface area (Å²) in [6, 6.07) is 3.78. The molecule has 0 radical (unpaired) electrons. The molecule has 2 fully saturated rings. The van der Waals surface area contributed by atoms with Crippen molar-refractivity contribution >= 4 is 5.91 Å². The van der Waals surface area contributed by atoms with E-state index in [4.69, 9.17) is 9.15 Å². The number of morpholine rings is 1. The van der Waals surface area contributed by atoms with Crippen molar-refractivity contribution in [3.8, 4) is 0 Å². The van der Waals surface area contributed by atoms with Gasteiger partial charge >= 0.3 is 0 Å². The molecule has 0 atom stereocenters. The molecule has 2 aliphatic rings. The minimum Gasteiger partial charge on any atom is -0.469 e. The molecule has 5 nitrogen and oxygen atoms in total. The van der Waals surface area contributed by atoms with E-state index in [0.717, 1.165) is 38.6 Å². The Hall–Kier alpha value is -1.33. The fraction of sp³-hybridized carbons (Fsp3) is 0.722. The maximum Gasteiger partial charge on any atom is 0.220 e. The van der Waals surface area contributed by atoms with Gasteiger partial charge < -0.3 is 14.5 Å². The van der Waals surface area contributed by atoms with E-state index in [1.807, 2.05) is 12.1 Å². The molecule has 0 spiro atoms. The number of amides is 1. The highest BCUT2D eigenvalue weighted by Crippen LogP contribution is 2.33. The van der Waals surface area contributed by atoms with Gasteiger partial charge in [-0.25, -0.2) is 0 Å². The van der Waals surface area contributed by atoms with Crippen molar-refractivity contribution in [3.05, 3.63) is 24.2 Å². The molecule has 0 bridgehead atoms. The first-order chi connectivity index (χ1) is 11.3. The predicted molar refractivity (Wildman–Crippen MR) is 88.2 cm³/mol. The van der Waals surface area contributed by atoms with Gasteiger partial charge in [0, 0.05) is 38.0 Å². The van der Waals surface area contributed by atoms with Crippen LogP contribution >= 0.6 is 0 Å². The van der Waals surface area contributed by atoms with Gasteiger partial charge in [0.25, 0.3) is 0 Å². The zero-order valence-electron chi connectivity index (χ0n) is 13.9. The molecule has 1 amide bonds. The monoisotopic (exact) mass is 320 g/mol. The highest BCUT2D eigenvalue weighted by Gasteiger charge is 2.38. The van der Waals surface area contributed by atoms with Gasteiger partial charge in [-0.1, -0.05) is 19.3 Å². The summed E-state index contributed by atoms with van der Waals surface area (Å²) >= 11 is 0. The van der Waals surface area contributed by atoms with Gasteiger partial charge in [-0.15, -0.1) is 0 Å². The molecular formula is C18H28N2O3. The molecule has 1 aliphatic heterocycles. The lowest BCUT2D eigenvalue weighted by molar-refractivity contribution is -0.122. The van der Waals surface area contributed by atoms with Crippen molar-refractivity contribution in [2.45, 2.75) is 50.5 Å². The van der Waals surface area contributed by atoms with E-state index in [1.54, 1.807) is 6.26 Å². The molecular weight excluding hydrogens is 292 g/mol. The van der Waals surface area contributed by atoms with Gasteiger partial charge in [-0.3, -0.25) is 9.69 Å². The minimum atomic E-state index is 0.125. The zero-order valence-corrected chi connectivity index (χ0v) is 13.9. The van der Waals surface area contributed by atoms with E-state index < -0.39 is 0 Å². The molecule has 5 heteroatoms. The summed E-state index contributed by atoms with van der Waals surface area (Å²) in [5, 5.41) is 3.19. The van der Waals surface area contributed by atoms with Gasteiger partial charge in [0.1, 0.15) is 5.76 Å². The lowest BCUT2D eigenvalue weighted by Crippen LogP contribution is -2.59. The molecule has 1 saturated carbocycles. The molecule has 3 rings (SSSR count). The van der Waals surface area contributed by atoms with Crippen LogP contribution < -0.4 is 5.32 Å². The minimum absolute atomic E-state index is 0.125. The molecule has 1 saturated heterocycles. The number of nitrogens with zero attached hydrogens (tertiary/aromatic N) is 1. The summed E-state index contributed by atoms with van der Waals surface area (Å²) in [7, 11) is 0. The van der Waals surface area contributed by atoms with Gasteiger partial charge in [-0.2, -0.15) is 0 Å². The van der Waals surface area contributed by atoms with Crippen molar-refractivity contribution in [1.82, 2.24) is 10.2 Å². The number of ether oxygens (including phenoxy) is 1. The predicted octanol–water partition coefficient (Wildman–Crippen LogP) is 2.36. The molecule has 2 heterocycles. The SMILES string of the molecule is O=C(CCc1ccco1)NCC1(N2CCOCC2)CCCCC1. The van der Waals surface area contributed by atoms with Gasteiger partial charge in [0.2, 0.25) is 5.91 Å². The Morgan fingerprint density at radius 1 is 1.22 bits per heavy atom. The molecule has 0 unspecified atom stereocenters. The number of rotatable bonds is 6. The summed E-state index contributed by atoms with van der Waals surface area (Å²) in [6.07, 6.45) is 9.04. The molecule has 1 aromatic heterocycles. The Morgan fingerprint density at radius 3 is 2.70 bits per heavy atom. The number of aryl methyl sites for hydroxylation is 1. The first-order valence-electron chi connectivity index (χ1n) is 8.90. The van der Waals surface area contributed by atoms with Gasteiger partial charge in [0.15, 0.2) is 0 Å². The first kappa shape index (κ1) is 16.5. The third-order valence-electron chi connectivity index (χ3n) is 5.26. The average molecular weight is 320 g/mol. The average Bonchev–Trinajstić information content (AvgIpc) is 3.13. The lowest BCUT2D eigenvalue weighted by Gasteiger charge is -2.48. The quantitative estimate of drug-likeness (QED) is 0.874. The molecule has 1 aromatic rings. The van der Waals surface area contributed by atoms with Crippen LogP contribution in [0.3, 0.4) is 0 Å². The number of hydrogen-bond donors (Lipinski definition) is 1. The van der Waals surface area contributed by atoms with Gasteiger partial charge in [0.05, 0.1) is 19.5 Å². The number of carbonyl (C=O) groups excluding carboxylic acids is 1. The van der Waals surface area contributed by atoms with Crippen LogP contribution in [0.4, 0.5) is 0 Å². The fourth-order valence-corrected chi connectivity index (χ4v) is 3.90. The topological polar surface area (TPSA) is 54.7 Å². The highest BCUT2D eigenvalue weighted by atomic mass is 16.5. The maximum absolute atomic E-state index is 12.2. The molecule has 23 heavy (non-hydrogen) atoms. The Labute approximate surface area is 138 Å². The van der Waals surface area contributed by atoms with Crippen LogP contribution in [0, 0.1) is 0 Å². The smallest absolute Gasteiger partial charge is 0.220 e. The summed E-state index contributed by atoms with van der Waals surface area (Å²) in [5.74, 6) is 1.00. The van der Waals surface area contributed by atoms with Gasteiger partial charge in [-0.05, 0) is 25.0 Å². The van der Waals surface area contributed by atoms with Crippen molar-refractivity contribution in [2.75, 3.05) is 32.8 Å². The van der Waals surface area contributed by atoms with E-state index in [0.29, 0.717) is 12.8 Å². The van der Waals surface area contributed by atoms with E-state index in [2.05, 4.69) is 10.2 Å². The van der Waals surface area contributed by atoms with Crippen molar-refractivity contribution in [1.29, 1.82) is 0 Å². The largest absolute Gasteiger partial charge is 0.469 e. The van der Waals surface area contributed by atoms with E-state index >= 15 is 0 Å². The Morgan fingerprint density at radius 2 is 2.00 bits per heavy atom. The standard InChI is InChI=1S/C18H28N2O3/c21-17(7-6-16-5-4-12-23-16)19-15-18(8-2-1-3-9-18)20-10-13-22-14-11-20/h4-5,12H,1-3,6-11,13-15H2,(H,19,21). The van der Waals surface area contributed by atoms with Crippen molar-refractivity contribution < 1.29 is 13.9 Å². The van der Waals surface area contributed by atoms with Crippen molar-refractivity contribution in [2.24, 2.45) is 0 Å². The fourth-order valence-electron chi connectivity index (χ4n) is 3.90. The molecule has 0 aromatic carbocycles. The number of carbonyl (C=O) groups is 1. The second kappa shape index (κ2) is 7.97. The molecule has 1 aliphatic carbocycles. The van der Waals surface area contributed by atoms with E-state index in [-0.39, 0.29) is 11.4 Å². The summed E-state index contributed by atoms with van der Waals surface area (Å²) in [4.78, 5) is 14.8. The first-order valence-corrected chi connectivity index (χ1v) is 8.90. The zero-order chi connectivity index (χ0) is 16.0. The van der Waals surface area contributed by atoms with E-state index in [9.17, 15) is 4.79 Å². The summed E-state index contributed by atoms with van der Waals surface area (Å²) in [5.41, 5.74) is 0.141. The van der Waals surface area contributed by atoms with Crippen LogP contribution in [0.5, 0.6) is 0 Å². The normalized spacial score (nSPS) is 21.9. The van der Waals surface area contributed by atoms with Crippen LogP contribution in [-0.4, -0.2) is 49.2 Å². The van der Waals surface area contributed by atoms with Crippen LogP contribution in [-0.2, 0) is 16.0 Å². The van der Waals surface area contributed by atoms with E-state index in [1.165, 1.54) is 32.1 Å². The van der Waals surface area contributed by atoms with Crippen LogP contribution in [0.15, 0.2) is 22.8 Å². The maximum atomic E-state index is 12.2. The summed E-state index contributed by atoms with van der Waals surface area (Å²) < 4.78 is 10.8. The van der Waals surface area contributed by atoms with Crippen molar-refractivity contribution in [3.63, 3.8) is 0 Å². The second-order valence-electron chi connectivity index (χ2n) is 6.74. The Balaban J connectivity index is 1.52. The highest BCUT2D eigenvalue weighted by molar-refractivity contribution is 5.76. The second-order valence-corrected chi connectivity index (χ2v) is 6.74. The third-order valence-corrected chi connectivity index (χ3v) is 5.26. The van der Waals surface area contributed by atoms with Crippen LogP contribution in [0.2, 0.25) is 0 Å². The van der Waals surface area contributed by atoms with Crippen LogP contribution in [0.25, 0.3) is 0 Å². The Bertz CT molecular complexity index is 474. The third kappa shape index (κ3) is 4.36. The Kier molecular flexibility index (Phi) is 5.73.